The molecule has 0 unspecified atom stereocenters. The van der Waals surface area contributed by atoms with E-state index in [-0.39, 0.29) is 11.9 Å². The molecule has 5 N–H and O–H groups in total. The van der Waals surface area contributed by atoms with Gasteiger partial charge in [0.1, 0.15) is 0 Å². The van der Waals surface area contributed by atoms with Gasteiger partial charge in [0, 0.05) is 42.0 Å². The van der Waals surface area contributed by atoms with E-state index in [4.69, 9.17) is 5.73 Å². The van der Waals surface area contributed by atoms with Crippen LogP contribution in [0, 0.1) is 0 Å². The van der Waals surface area contributed by atoms with Crippen molar-refractivity contribution >= 4 is 22.8 Å². The molecule has 30 heavy (non-hydrogen) atoms. The van der Waals surface area contributed by atoms with Crippen LogP contribution in [0.2, 0.25) is 0 Å². The minimum atomic E-state index is -0.158. The zero-order valence-corrected chi connectivity index (χ0v) is 16.5. The fourth-order valence-electron chi connectivity index (χ4n) is 4.27. The Morgan fingerprint density at radius 3 is 2.97 bits per heavy atom. The predicted molar refractivity (Wildman–Crippen MR) is 119 cm³/mol. The molecule has 2 aromatic carbocycles. The Labute approximate surface area is 174 Å². The number of carbonyl (C=O) groups excluding carboxylic acids is 1. The third-order valence-electron chi connectivity index (χ3n) is 5.73. The van der Waals surface area contributed by atoms with Crippen molar-refractivity contribution in [1.82, 2.24) is 20.8 Å². The molecule has 2 aliphatic heterocycles. The zero-order chi connectivity index (χ0) is 20.5. The van der Waals surface area contributed by atoms with Gasteiger partial charge in [0.25, 0.3) is 5.91 Å². The number of aromatic amines is 1. The summed E-state index contributed by atoms with van der Waals surface area (Å²) < 4.78 is 0. The zero-order valence-electron chi connectivity index (χ0n) is 16.5. The second kappa shape index (κ2) is 7.65. The number of benzene rings is 2. The van der Waals surface area contributed by atoms with Crippen molar-refractivity contribution in [3.05, 3.63) is 83.3 Å². The van der Waals surface area contributed by atoms with Crippen LogP contribution in [0.15, 0.2) is 60.9 Å². The standard InChI is InChI=1S/C24H23N5O/c25-12-18(10-16-6-3-5-15-4-1-2-7-19(15)16)28-24(30)20-11-17-13-27-29-22-8-9-26-14-21(20)23(17)22/h1-9,11,13,18,26-27H,10,12,14,25H2,(H,28,30)/t18-/m0/s1. The number of nitrogens with zero attached hydrogens (tertiary/aromatic N) is 1. The normalized spacial score (nSPS) is 13.8. The van der Waals surface area contributed by atoms with E-state index in [0.717, 1.165) is 22.4 Å². The molecule has 0 bridgehead atoms. The van der Waals surface area contributed by atoms with Gasteiger partial charge in [-0.2, -0.15) is 5.10 Å². The Hall–Kier alpha value is -3.64. The average molecular weight is 397 g/mol. The highest BCUT2D eigenvalue weighted by molar-refractivity contribution is 6.01. The lowest BCUT2D eigenvalue weighted by Crippen LogP contribution is -2.42. The van der Waals surface area contributed by atoms with Crippen molar-refractivity contribution in [2.24, 2.45) is 5.73 Å². The number of aromatic nitrogens is 2. The summed E-state index contributed by atoms with van der Waals surface area (Å²) in [5, 5.41) is 16.0. The van der Waals surface area contributed by atoms with Crippen LogP contribution >= 0.6 is 0 Å². The van der Waals surface area contributed by atoms with Crippen LogP contribution in [0.5, 0.6) is 0 Å². The van der Waals surface area contributed by atoms with Gasteiger partial charge in [0.2, 0.25) is 0 Å². The molecule has 0 spiro atoms. The van der Waals surface area contributed by atoms with Crippen LogP contribution in [-0.2, 0) is 13.0 Å². The maximum absolute atomic E-state index is 13.2. The van der Waals surface area contributed by atoms with E-state index in [2.05, 4.69) is 45.1 Å². The highest BCUT2D eigenvalue weighted by Gasteiger charge is 2.25. The number of nitrogens with one attached hydrogen (secondary N) is 3. The lowest BCUT2D eigenvalue weighted by atomic mass is 9.98. The molecule has 1 amide bonds. The number of hydrogen-bond acceptors (Lipinski definition) is 4. The Bertz CT molecular complexity index is 1220. The number of amides is 1. The van der Waals surface area contributed by atoms with E-state index in [1.807, 2.05) is 42.7 Å². The van der Waals surface area contributed by atoms with E-state index in [9.17, 15) is 4.79 Å². The van der Waals surface area contributed by atoms with Crippen molar-refractivity contribution < 1.29 is 4.79 Å². The molecule has 2 aromatic rings. The average Bonchev–Trinajstić information content (AvgIpc) is 3.01. The van der Waals surface area contributed by atoms with Gasteiger partial charge in [-0.05, 0) is 46.7 Å². The van der Waals surface area contributed by atoms with Crippen LogP contribution < -0.4 is 16.4 Å². The smallest absolute Gasteiger partial charge is 0.251 e. The van der Waals surface area contributed by atoms with Crippen LogP contribution in [-0.4, -0.2) is 28.7 Å². The summed E-state index contributed by atoms with van der Waals surface area (Å²) in [4.78, 5) is 13.2. The van der Waals surface area contributed by atoms with E-state index in [1.165, 1.54) is 16.3 Å². The van der Waals surface area contributed by atoms with Crippen molar-refractivity contribution in [1.29, 1.82) is 0 Å². The van der Waals surface area contributed by atoms with Gasteiger partial charge in [-0.1, -0.05) is 42.5 Å². The topological polar surface area (TPSA) is 95.8 Å². The Kier molecular flexibility index (Phi) is 4.69. The first-order valence-corrected chi connectivity index (χ1v) is 10.1. The Balaban J connectivity index is 1.43. The second-order valence-electron chi connectivity index (χ2n) is 7.60. The third kappa shape index (κ3) is 3.21. The molecule has 150 valence electrons. The molecule has 5 rings (SSSR count). The van der Waals surface area contributed by atoms with Gasteiger partial charge in [-0.3, -0.25) is 9.89 Å². The third-order valence-corrected chi connectivity index (χ3v) is 5.73. The summed E-state index contributed by atoms with van der Waals surface area (Å²) in [6.45, 7) is 0.947. The molecular formula is C24H23N5O. The molecule has 0 saturated carbocycles. The van der Waals surface area contributed by atoms with Crippen LogP contribution in [0.4, 0.5) is 0 Å². The minimum Gasteiger partial charge on any atom is -0.387 e. The predicted octanol–water partition coefficient (Wildman–Crippen LogP) is 3.04. The number of rotatable bonds is 5. The van der Waals surface area contributed by atoms with Crippen LogP contribution in [0.1, 0.15) is 27.2 Å². The molecule has 6 nitrogen and oxygen atoms in total. The fourth-order valence-corrected chi connectivity index (χ4v) is 4.27. The van der Waals surface area contributed by atoms with E-state index in [1.54, 1.807) is 0 Å². The first-order chi connectivity index (χ1) is 14.7. The highest BCUT2D eigenvalue weighted by Crippen LogP contribution is 2.35. The summed E-state index contributed by atoms with van der Waals surface area (Å²) in [5.74, 6) is -0.105. The van der Waals surface area contributed by atoms with Gasteiger partial charge in [-0.15, -0.1) is 0 Å². The van der Waals surface area contributed by atoms with E-state index in [0.29, 0.717) is 25.1 Å². The maximum atomic E-state index is 13.2. The van der Waals surface area contributed by atoms with E-state index >= 15 is 0 Å². The van der Waals surface area contributed by atoms with Gasteiger partial charge >= 0.3 is 0 Å². The number of H-pyrrole nitrogens is 1. The molecule has 0 saturated heterocycles. The molecule has 0 fully saturated rings. The molecule has 6 heteroatoms. The van der Waals surface area contributed by atoms with Crippen LogP contribution in [0.3, 0.4) is 0 Å². The lowest BCUT2D eigenvalue weighted by Gasteiger charge is -2.18. The second-order valence-corrected chi connectivity index (χ2v) is 7.60. The summed E-state index contributed by atoms with van der Waals surface area (Å²) in [6, 6.07) is 16.3. The summed E-state index contributed by atoms with van der Waals surface area (Å²) in [5.41, 5.74) is 11.7. The quantitative estimate of drug-likeness (QED) is 0.416. The number of nitrogens with two attached hydrogens (primary N) is 1. The summed E-state index contributed by atoms with van der Waals surface area (Å²) >= 11 is 0. The largest absolute Gasteiger partial charge is 0.387 e. The van der Waals surface area contributed by atoms with Gasteiger partial charge in [-0.25, -0.2) is 0 Å². The molecule has 1 aliphatic carbocycles. The first kappa shape index (κ1) is 18.4. The van der Waals surface area contributed by atoms with Crippen molar-refractivity contribution in [2.75, 3.05) is 6.54 Å². The monoisotopic (exact) mass is 397 g/mol. The SMILES string of the molecule is NC[C@H](Cc1cccc2ccccc12)NC(=O)c1cc2c[nH]nc3c-2c1CNC=C3. The first-order valence-electron chi connectivity index (χ1n) is 10.1. The fraction of sp³-hybridized carbons (Fsp3) is 0.167. The van der Waals surface area contributed by atoms with Gasteiger partial charge in [0.05, 0.1) is 5.69 Å². The summed E-state index contributed by atoms with van der Waals surface area (Å²) in [6.07, 6.45) is 6.29. The molecule has 0 aromatic heterocycles. The minimum absolute atomic E-state index is 0.105. The maximum Gasteiger partial charge on any atom is 0.251 e. The van der Waals surface area contributed by atoms with E-state index < -0.39 is 0 Å². The highest BCUT2D eigenvalue weighted by atomic mass is 16.1. The van der Waals surface area contributed by atoms with Gasteiger partial charge in [0.15, 0.2) is 0 Å². The number of fused-ring (bicyclic) bond motifs is 1. The molecule has 1 atom stereocenters. The molecule has 3 aliphatic rings. The van der Waals surface area contributed by atoms with Crippen molar-refractivity contribution in [3.63, 3.8) is 0 Å². The molecule has 2 heterocycles. The van der Waals surface area contributed by atoms with Crippen molar-refractivity contribution in [3.8, 4) is 11.1 Å². The number of hydrogen-bond donors (Lipinski definition) is 4. The Morgan fingerprint density at radius 1 is 1.20 bits per heavy atom. The lowest BCUT2D eigenvalue weighted by molar-refractivity contribution is 0.0937. The van der Waals surface area contributed by atoms with Crippen molar-refractivity contribution in [2.45, 2.75) is 19.0 Å². The summed E-state index contributed by atoms with van der Waals surface area (Å²) in [7, 11) is 0. The van der Waals surface area contributed by atoms with Crippen LogP contribution in [0.25, 0.3) is 28.0 Å². The molecular weight excluding hydrogens is 374 g/mol. The number of carbonyl (C=O) groups is 1. The Morgan fingerprint density at radius 2 is 2.07 bits per heavy atom. The molecule has 0 radical (unpaired) electrons. The van der Waals surface area contributed by atoms with Gasteiger partial charge < -0.3 is 16.4 Å².